The van der Waals surface area contributed by atoms with E-state index in [0.29, 0.717) is 28.8 Å². The topological polar surface area (TPSA) is 59.2 Å². The second-order valence-corrected chi connectivity index (χ2v) is 6.20. The number of thiophene rings is 1. The van der Waals surface area contributed by atoms with Crippen molar-refractivity contribution >= 4 is 28.8 Å². The van der Waals surface area contributed by atoms with E-state index < -0.39 is 0 Å². The molecule has 0 N–H and O–H groups in total. The molecular weight excluding hydrogens is 334 g/mol. The Kier molecular flexibility index (Phi) is 4.73. The second-order valence-electron chi connectivity index (χ2n) is 4.82. The zero-order valence-corrected chi connectivity index (χ0v) is 14.0. The summed E-state index contributed by atoms with van der Waals surface area (Å²) in [5.41, 5.74) is 0.539. The smallest absolute Gasteiger partial charge is 0.254 e. The minimum Gasteiger partial charge on any atom is -0.337 e. The first kappa shape index (κ1) is 15.7. The molecule has 0 bridgehead atoms. The van der Waals surface area contributed by atoms with Gasteiger partial charge < -0.3 is 9.42 Å². The van der Waals surface area contributed by atoms with Gasteiger partial charge in [-0.05, 0) is 36.6 Å². The molecule has 0 spiro atoms. The summed E-state index contributed by atoms with van der Waals surface area (Å²) in [6, 6.07) is 10.7. The Hall–Kier alpha value is -2.18. The van der Waals surface area contributed by atoms with Gasteiger partial charge in [-0.1, -0.05) is 28.9 Å². The molecule has 7 heteroatoms. The van der Waals surface area contributed by atoms with Crippen molar-refractivity contribution in [3.8, 4) is 10.7 Å². The largest absolute Gasteiger partial charge is 0.337 e. The maximum atomic E-state index is 12.5. The van der Waals surface area contributed by atoms with Gasteiger partial charge in [0.15, 0.2) is 0 Å². The van der Waals surface area contributed by atoms with Crippen LogP contribution in [-0.2, 0) is 6.54 Å². The lowest BCUT2D eigenvalue weighted by Gasteiger charge is -2.18. The molecule has 0 saturated heterocycles. The van der Waals surface area contributed by atoms with Crippen LogP contribution < -0.4 is 0 Å². The molecule has 0 saturated carbocycles. The molecule has 0 atom stereocenters. The zero-order chi connectivity index (χ0) is 16.2. The van der Waals surface area contributed by atoms with Gasteiger partial charge in [-0.25, -0.2) is 0 Å². The fourth-order valence-corrected chi connectivity index (χ4v) is 2.96. The summed E-state index contributed by atoms with van der Waals surface area (Å²) >= 11 is 7.49. The number of hydrogen-bond acceptors (Lipinski definition) is 5. The van der Waals surface area contributed by atoms with Gasteiger partial charge in [-0.15, -0.1) is 11.3 Å². The zero-order valence-electron chi connectivity index (χ0n) is 12.4. The van der Waals surface area contributed by atoms with Crippen LogP contribution in [0.25, 0.3) is 10.7 Å². The minimum absolute atomic E-state index is 0.120. The van der Waals surface area contributed by atoms with Crippen molar-refractivity contribution in [2.24, 2.45) is 0 Å². The first-order chi connectivity index (χ1) is 11.2. The Morgan fingerprint density at radius 3 is 2.91 bits per heavy atom. The summed E-state index contributed by atoms with van der Waals surface area (Å²) in [6.45, 7) is 2.70. The number of carbonyl (C=O) groups excluding carboxylic acids is 1. The Balaban J connectivity index is 1.76. The number of halogens is 1. The molecule has 3 rings (SSSR count). The van der Waals surface area contributed by atoms with Gasteiger partial charge >= 0.3 is 0 Å². The highest BCUT2D eigenvalue weighted by Gasteiger charge is 2.18. The van der Waals surface area contributed by atoms with E-state index in [-0.39, 0.29) is 12.5 Å². The third-order valence-corrected chi connectivity index (χ3v) is 4.38. The van der Waals surface area contributed by atoms with Crippen LogP contribution in [0.1, 0.15) is 23.2 Å². The summed E-state index contributed by atoms with van der Waals surface area (Å²) in [5, 5.41) is 6.44. The SMILES string of the molecule is CCN(Cc1nc(-c2cccs2)no1)C(=O)c1cccc(Cl)c1. The van der Waals surface area contributed by atoms with Crippen LogP contribution in [0, 0.1) is 0 Å². The third-order valence-electron chi connectivity index (χ3n) is 3.28. The fourth-order valence-electron chi connectivity index (χ4n) is 2.12. The third kappa shape index (κ3) is 3.60. The average molecular weight is 348 g/mol. The van der Waals surface area contributed by atoms with Crippen LogP contribution in [0.3, 0.4) is 0 Å². The van der Waals surface area contributed by atoms with Gasteiger partial charge in [0.25, 0.3) is 5.91 Å². The maximum Gasteiger partial charge on any atom is 0.254 e. The van der Waals surface area contributed by atoms with Crippen LogP contribution in [0.4, 0.5) is 0 Å². The lowest BCUT2D eigenvalue weighted by molar-refractivity contribution is 0.0734. The van der Waals surface area contributed by atoms with Crippen molar-refractivity contribution in [2.45, 2.75) is 13.5 Å². The van der Waals surface area contributed by atoms with E-state index in [0.717, 1.165) is 4.88 Å². The maximum absolute atomic E-state index is 12.5. The minimum atomic E-state index is -0.120. The molecule has 0 fully saturated rings. The number of amides is 1. The number of rotatable bonds is 5. The van der Waals surface area contributed by atoms with Crippen LogP contribution in [0.2, 0.25) is 5.02 Å². The molecule has 118 valence electrons. The second kappa shape index (κ2) is 6.93. The van der Waals surface area contributed by atoms with Crippen LogP contribution >= 0.6 is 22.9 Å². The van der Waals surface area contributed by atoms with Crippen molar-refractivity contribution in [1.82, 2.24) is 15.0 Å². The van der Waals surface area contributed by atoms with E-state index >= 15 is 0 Å². The predicted octanol–water partition coefficient (Wildman–Crippen LogP) is 4.11. The van der Waals surface area contributed by atoms with E-state index in [4.69, 9.17) is 16.1 Å². The molecule has 3 aromatic rings. The van der Waals surface area contributed by atoms with E-state index in [1.807, 2.05) is 24.4 Å². The van der Waals surface area contributed by atoms with Gasteiger partial charge in [-0.2, -0.15) is 4.98 Å². The van der Waals surface area contributed by atoms with Crippen molar-refractivity contribution in [3.63, 3.8) is 0 Å². The van der Waals surface area contributed by atoms with E-state index in [1.54, 1.807) is 29.2 Å². The van der Waals surface area contributed by atoms with Crippen molar-refractivity contribution < 1.29 is 9.32 Å². The lowest BCUT2D eigenvalue weighted by Crippen LogP contribution is -2.30. The molecular formula is C16H14ClN3O2S. The summed E-state index contributed by atoms with van der Waals surface area (Å²) in [5.74, 6) is 0.831. The molecule has 1 aromatic carbocycles. The average Bonchev–Trinajstić information content (AvgIpc) is 3.23. The van der Waals surface area contributed by atoms with E-state index in [9.17, 15) is 4.79 Å². The Morgan fingerprint density at radius 2 is 2.22 bits per heavy atom. The lowest BCUT2D eigenvalue weighted by atomic mass is 10.2. The number of hydrogen-bond donors (Lipinski definition) is 0. The van der Waals surface area contributed by atoms with Gasteiger partial charge in [0, 0.05) is 17.1 Å². The molecule has 23 heavy (non-hydrogen) atoms. The molecule has 0 aliphatic heterocycles. The quantitative estimate of drug-likeness (QED) is 0.696. The van der Waals surface area contributed by atoms with Crippen LogP contribution in [0.5, 0.6) is 0 Å². The molecule has 0 unspecified atom stereocenters. The number of carbonyl (C=O) groups is 1. The molecule has 0 radical (unpaired) electrons. The van der Waals surface area contributed by atoms with E-state index in [1.165, 1.54) is 11.3 Å². The number of benzene rings is 1. The van der Waals surface area contributed by atoms with E-state index in [2.05, 4.69) is 10.1 Å². The fraction of sp³-hybridized carbons (Fsp3) is 0.188. The molecule has 5 nitrogen and oxygen atoms in total. The highest BCUT2D eigenvalue weighted by molar-refractivity contribution is 7.13. The normalized spacial score (nSPS) is 10.7. The van der Waals surface area contributed by atoms with Gasteiger partial charge in [0.05, 0.1) is 4.88 Å². The molecule has 2 heterocycles. The first-order valence-electron chi connectivity index (χ1n) is 7.08. The summed E-state index contributed by atoms with van der Waals surface area (Å²) in [6.07, 6.45) is 0. The first-order valence-corrected chi connectivity index (χ1v) is 8.34. The standard InChI is InChI=1S/C16H14ClN3O2S/c1-2-20(16(21)11-5-3-6-12(17)9-11)10-14-18-15(19-22-14)13-7-4-8-23-13/h3-9H,2,10H2,1H3. The predicted molar refractivity (Wildman–Crippen MR) is 89.5 cm³/mol. The molecule has 2 aromatic heterocycles. The van der Waals surface area contributed by atoms with Crippen LogP contribution in [-0.4, -0.2) is 27.5 Å². The van der Waals surface area contributed by atoms with Crippen molar-refractivity contribution in [3.05, 3.63) is 58.3 Å². The summed E-state index contributed by atoms with van der Waals surface area (Å²) in [7, 11) is 0. The highest BCUT2D eigenvalue weighted by atomic mass is 35.5. The Bertz CT molecular complexity index is 801. The molecule has 0 aliphatic rings. The molecule has 1 amide bonds. The monoisotopic (exact) mass is 347 g/mol. The Morgan fingerprint density at radius 1 is 1.35 bits per heavy atom. The Labute approximate surface area is 142 Å². The number of aromatic nitrogens is 2. The van der Waals surface area contributed by atoms with Crippen molar-refractivity contribution in [2.75, 3.05) is 6.54 Å². The van der Waals surface area contributed by atoms with Crippen molar-refractivity contribution in [1.29, 1.82) is 0 Å². The summed E-state index contributed by atoms with van der Waals surface area (Å²) < 4.78 is 5.26. The highest BCUT2D eigenvalue weighted by Crippen LogP contribution is 2.22. The summed E-state index contributed by atoms with van der Waals surface area (Å²) in [4.78, 5) is 19.5. The van der Waals surface area contributed by atoms with Crippen LogP contribution in [0.15, 0.2) is 46.3 Å². The molecule has 0 aliphatic carbocycles. The van der Waals surface area contributed by atoms with Gasteiger partial charge in [0.1, 0.15) is 6.54 Å². The van der Waals surface area contributed by atoms with Gasteiger partial charge in [-0.3, -0.25) is 4.79 Å². The number of nitrogens with zero attached hydrogens (tertiary/aromatic N) is 3. The van der Waals surface area contributed by atoms with Gasteiger partial charge in [0.2, 0.25) is 11.7 Å².